The van der Waals surface area contributed by atoms with Crippen LogP contribution in [0.2, 0.25) is 0 Å². The van der Waals surface area contributed by atoms with Crippen molar-refractivity contribution in [3.8, 4) is 0 Å². The van der Waals surface area contributed by atoms with Crippen LogP contribution in [0.15, 0.2) is 18.2 Å². The van der Waals surface area contributed by atoms with Crippen LogP contribution in [0.3, 0.4) is 0 Å². The molecule has 4 heteroatoms. The van der Waals surface area contributed by atoms with Crippen LogP contribution in [0.25, 0.3) is 0 Å². The summed E-state index contributed by atoms with van der Waals surface area (Å²) in [5.41, 5.74) is 1.25. The number of aliphatic hydroxyl groups excluding tert-OH is 1. The van der Waals surface area contributed by atoms with Crippen molar-refractivity contribution in [2.24, 2.45) is 0 Å². The molecule has 0 spiro atoms. The lowest BCUT2D eigenvalue weighted by atomic mass is 10.0. The number of hydrogen-bond donors (Lipinski definition) is 1. The van der Waals surface area contributed by atoms with Crippen molar-refractivity contribution in [1.82, 2.24) is 4.90 Å². The summed E-state index contributed by atoms with van der Waals surface area (Å²) in [7, 11) is 1.97. The molecule has 1 atom stereocenters. The molecule has 0 aliphatic carbocycles. The molecule has 3 nitrogen and oxygen atoms in total. The third-order valence-electron chi connectivity index (χ3n) is 4.39. The average molecular weight is 280 g/mol. The summed E-state index contributed by atoms with van der Waals surface area (Å²) in [6.07, 6.45) is 1.51. The molecule has 0 unspecified atom stereocenters. The minimum atomic E-state index is -0.628. The first kappa shape index (κ1) is 15.3. The Kier molecular flexibility index (Phi) is 5.00. The Labute approximate surface area is 121 Å². The molecule has 0 radical (unpaired) electrons. The molecule has 0 amide bonds. The minimum Gasteiger partial charge on any atom is -0.389 e. The zero-order valence-corrected chi connectivity index (χ0v) is 12.6. The van der Waals surface area contributed by atoms with Crippen LogP contribution >= 0.6 is 0 Å². The van der Waals surface area contributed by atoms with Gasteiger partial charge in [-0.2, -0.15) is 0 Å². The van der Waals surface area contributed by atoms with Crippen molar-refractivity contribution in [1.29, 1.82) is 0 Å². The lowest BCUT2D eigenvalue weighted by Crippen LogP contribution is -2.43. The SMILES string of the molecule is CCN1CCC(N(C)c2ccc([C@@H](C)O)cc2F)CC1. The highest BCUT2D eigenvalue weighted by Gasteiger charge is 2.23. The highest BCUT2D eigenvalue weighted by Crippen LogP contribution is 2.27. The maximum absolute atomic E-state index is 14.2. The van der Waals surface area contributed by atoms with Gasteiger partial charge in [0.25, 0.3) is 0 Å². The van der Waals surface area contributed by atoms with Gasteiger partial charge in [-0.1, -0.05) is 13.0 Å². The molecule has 1 heterocycles. The zero-order chi connectivity index (χ0) is 14.7. The number of hydrogen-bond acceptors (Lipinski definition) is 3. The fourth-order valence-electron chi connectivity index (χ4n) is 2.89. The average Bonchev–Trinajstić information content (AvgIpc) is 2.46. The fourth-order valence-corrected chi connectivity index (χ4v) is 2.89. The van der Waals surface area contributed by atoms with Gasteiger partial charge in [-0.3, -0.25) is 0 Å². The van der Waals surface area contributed by atoms with Gasteiger partial charge in [-0.25, -0.2) is 4.39 Å². The second-order valence-electron chi connectivity index (χ2n) is 5.66. The van der Waals surface area contributed by atoms with Crippen LogP contribution in [-0.2, 0) is 0 Å². The van der Waals surface area contributed by atoms with E-state index < -0.39 is 6.10 Å². The van der Waals surface area contributed by atoms with Crippen molar-refractivity contribution < 1.29 is 9.50 Å². The van der Waals surface area contributed by atoms with Crippen molar-refractivity contribution >= 4 is 5.69 Å². The lowest BCUT2D eigenvalue weighted by Gasteiger charge is -2.37. The van der Waals surface area contributed by atoms with E-state index in [9.17, 15) is 9.50 Å². The van der Waals surface area contributed by atoms with Crippen LogP contribution in [0.4, 0.5) is 10.1 Å². The molecule has 20 heavy (non-hydrogen) atoms. The number of likely N-dealkylation sites (tertiary alicyclic amines) is 1. The Morgan fingerprint density at radius 3 is 2.55 bits per heavy atom. The molecule has 0 aromatic heterocycles. The monoisotopic (exact) mass is 280 g/mol. The Morgan fingerprint density at radius 2 is 2.05 bits per heavy atom. The molecule has 1 aromatic rings. The quantitative estimate of drug-likeness (QED) is 0.918. The smallest absolute Gasteiger partial charge is 0.146 e. The van der Waals surface area contributed by atoms with Crippen LogP contribution in [0.1, 0.15) is 38.4 Å². The molecule has 2 rings (SSSR count). The molecule has 1 fully saturated rings. The summed E-state index contributed by atoms with van der Waals surface area (Å²) in [6, 6.07) is 5.42. The fraction of sp³-hybridized carbons (Fsp3) is 0.625. The van der Waals surface area contributed by atoms with Gasteiger partial charge in [0.1, 0.15) is 5.82 Å². The van der Waals surface area contributed by atoms with E-state index in [4.69, 9.17) is 0 Å². The molecule has 1 aliphatic rings. The second kappa shape index (κ2) is 6.55. The molecule has 1 aromatic carbocycles. The predicted molar refractivity (Wildman–Crippen MR) is 80.6 cm³/mol. The Bertz CT molecular complexity index is 442. The molecule has 0 bridgehead atoms. The van der Waals surface area contributed by atoms with Gasteiger partial charge in [0.2, 0.25) is 0 Å². The van der Waals surface area contributed by atoms with Crippen molar-refractivity contribution in [2.45, 2.75) is 38.8 Å². The molecular formula is C16H25FN2O. The molecule has 112 valence electrons. The topological polar surface area (TPSA) is 26.7 Å². The summed E-state index contributed by atoms with van der Waals surface area (Å²) in [4.78, 5) is 4.48. The molecule has 0 saturated carbocycles. The first-order chi connectivity index (χ1) is 9.52. The highest BCUT2D eigenvalue weighted by molar-refractivity contribution is 5.49. The number of rotatable bonds is 4. The van der Waals surface area contributed by atoms with Crippen molar-refractivity contribution in [2.75, 3.05) is 31.6 Å². The largest absolute Gasteiger partial charge is 0.389 e. The summed E-state index contributed by atoms with van der Waals surface area (Å²) in [5, 5.41) is 9.50. The maximum atomic E-state index is 14.2. The highest BCUT2D eigenvalue weighted by atomic mass is 19.1. The van der Waals surface area contributed by atoms with Crippen LogP contribution in [-0.4, -0.2) is 42.7 Å². The van der Waals surface area contributed by atoms with E-state index in [1.807, 2.05) is 11.9 Å². The lowest BCUT2D eigenvalue weighted by molar-refractivity contribution is 0.199. The number of aliphatic hydroxyl groups is 1. The summed E-state index contributed by atoms with van der Waals surface area (Å²) < 4.78 is 14.2. The Balaban J connectivity index is 2.07. The zero-order valence-electron chi connectivity index (χ0n) is 12.6. The first-order valence-corrected chi connectivity index (χ1v) is 7.45. The van der Waals surface area contributed by atoms with Gasteiger partial charge in [0.05, 0.1) is 11.8 Å². The van der Waals surface area contributed by atoms with Gasteiger partial charge in [0.15, 0.2) is 0 Å². The normalized spacial score (nSPS) is 19.1. The van der Waals surface area contributed by atoms with Crippen LogP contribution in [0, 0.1) is 5.82 Å². The van der Waals surface area contributed by atoms with Gasteiger partial charge in [-0.15, -0.1) is 0 Å². The van der Waals surface area contributed by atoms with E-state index in [-0.39, 0.29) is 5.82 Å². The standard InChI is InChI=1S/C16H25FN2O/c1-4-19-9-7-14(8-10-19)18(3)16-6-5-13(12(2)20)11-15(16)17/h5-6,11-12,14,20H,4,7-10H2,1-3H3/t12-/m1/s1. The molecular weight excluding hydrogens is 255 g/mol. The molecule has 1 aliphatic heterocycles. The van der Waals surface area contributed by atoms with E-state index in [0.29, 0.717) is 17.3 Å². The van der Waals surface area contributed by atoms with Gasteiger partial charge in [0, 0.05) is 26.2 Å². The van der Waals surface area contributed by atoms with E-state index in [0.717, 1.165) is 32.5 Å². The predicted octanol–water partition coefficient (Wildman–Crippen LogP) is 2.80. The van der Waals surface area contributed by atoms with Gasteiger partial charge < -0.3 is 14.9 Å². The van der Waals surface area contributed by atoms with E-state index >= 15 is 0 Å². The number of nitrogens with zero attached hydrogens (tertiary/aromatic N) is 2. The summed E-state index contributed by atoms with van der Waals surface area (Å²) in [6.45, 7) is 7.09. The van der Waals surface area contributed by atoms with Gasteiger partial charge >= 0.3 is 0 Å². The Morgan fingerprint density at radius 1 is 1.40 bits per heavy atom. The van der Waals surface area contributed by atoms with E-state index in [1.54, 1.807) is 19.1 Å². The van der Waals surface area contributed by atoms with E-state index in [2.05, 4.69) is 11.8 Å². The Hall–Kier alpha value is -1.13. The van der Waals surface area contributed by atoms with Crippen molar-refractivity contribution in [3.63, 3.8) is 0 Å². The third kappa shape index (κ3) is 3.30. The van der Waals surface area contributed by atoms with Crippen molar-refractivity contribution in [3.05, 3.63) is 29.6 Å². The summed E-state index contributed by atoms with van der Waals surface area (Å²) in [5.74, 6) is -0.246. The second-order valence-corrected chi connectivity index (χ2v) is 5.66. The maximum Gasteiger partial charge on any atom is 0.146 e. The van der Waals surface area contributed by atoms with E-state index in [1.165, 1.54) is 6.07 Å². The summed E-state index contributed by atoms with van der Waals surface area (Å²) >= 11 is 0. The number of piperidine rings is 1. The molecule has 1 N–H and O–H groups in total. The number of halogens is 1. The van der Waals surface area contributed by atoms with Crippen LogP contribution < -0.4 is 4.90 Å². The first-order valence-electron chi connectivity index (χ1n) is 7.45. The minimum absolute atomic E-state index is 0.246. The number of benzene rings is 1. The molecule has 1 saturated heterocycles. The van der Waals surface area contributed by atoms with Crippen LogP contribution in [0.5, 0.6) is 0 Å². The number of anilines is 1. The third-order valence-corrected chi connectivity index (χ3v) is 4.39. The van der Waals surface area contributed by atoms with Gasteiger partial charge in [-0.05, 0) is 44.0 Å².